The van der Waals surface area contributed by atoms with Crippen molar-refractivity contribution >= 4 is 5.69 Å². The Morgan fingerprint density at radius 1 is 1.47 bits per heavy atom. The number of piperidine rings is 1. The molecule has 0 radical (unpaired) electrons. The summed E-state index contributed by atoms with van der Waals surface area (Å²) in [4.78, 5) is 6.77. The molecule has 1 aliphatic heterocycles. The highest BCUT2D eigenvalue weighted by molar-refractivity contribution is 5.45. The summed E-state index contributed by atoms with van der Waals surface area (Å²) >= 11 is 0. The van der Waals surface area contributed by atoms with Gasteiger partial charge in [-0.25, -0.2) is 0 Å². The molecule has 0 spiro atoms. The molecule has 0 saturated carbocycles. The molecule has 1 aromatic rings. The van der Waals surface area contributed by atoms with Crippen molar-refractivity contribution in [1.82, 2.24) is 4.98 Å². The molecule has 0 bridgehead atoms. The molecule has 4 heteroatoms. The Morgan fingerprint density at radius 2 is 2.32 bits per heavy atom. The molecule has 1 aromatic heterocycles. The van der Waals surface area contributed by atoms with E-state index in [4.69, 9.17) is 4.74 Å². The van der Waals surface area contributed by atoms with Gasteiger partial charge >= 0.3 is 0 Å². The summed E-state index contributed by atoms with van der Waals surface area (Å²) in [7, 11) is 1.71. The molecule has 106 valence electrons. The number of aliphatic hydroxyl groups excluding tert-OH is 1. The molecule has 0 unspecified atom stereocenters. The van der Waals surface area contributed by atoms with Crippen LogP contribution < -0.4 is 4.90 Å². The first-order valence-electron chi connectivity index (χ1n) is 7.11. The number of methoxy groups -OCH3 is 1. The van der Waals surface area contributed by atoms with Crippen molar-refractivity contribution in [2.45, 2.75) is 32.3 Å². The van der Waals surface area contributed by atoms with E-state index in [2.05, 4.69) is 28.9 Å². The van der Waals surface area contributed by atoms with Crippen LogP contribution in [0.4, 0.5) is 5.69 Å². The zero-order chi connectivity index (χ0) is 13.7. The highest BCUT2D eigenvalue weighted by Crippen LogP contribution is 2.25. The first kappa shape index (κ1) is 14.3. The second-order valence-corrected chi connectivity index (χ2v) is 5.20. The van der Waals surface area contributed by atoms with Crippen LogP contribution in [-0.4, -0.2) is 43.0 Å². The van der Waals surface area contributed by atoms with Crippen molar-refractivity contribution in [2.75, 3.05) is 31.7 Å². The molecule has 1 N–H and O–H groups in total. The molecule has 1 fully saturated rings. The second kappa shape index (κ2) is 6.87. The lowest BCUT2D eigenvalue weighted by Gasteiger charge is -2.37. The summed E-state index contributed by atoms with van der Waals surface area (Å²) in [5.74, 6) is 0.291. The van der Waals surface area contributed by atoms with Crippen LogP contribution in [-0.2, 0) is 11.2 Å². The van der Waals surface area contributed by atoms with Crippen LogP contribution in [0.1, 0.15) is 25.5 Å². The lowest BCUT2D eigenvalue weighted by molar-refractivity contribution is 0.0649. The van der Waals surface area contributed by atoms with Gasteiger partial charge in [-0.15, -0.1) is 0 Å². The molecule has 19 heavy (non-hydrogen) atoms. The summed E-state index contributed by atoms with van der Waals surface area (Å²) in [6.45, 7) is 4.61. The molecule has 1 aliphatic rings. The Hall–Kier alpha value is -1.13. The summed E-state index contributed by atoms with van der Waals surface area (Å²) in [6, 6.07) is 4.22. The standard InChI is InChI=1S/C15H24N2O2/c1-3-13-4-5-14(10-16-13)17-8-6-15(18)12(11-17)7-9-19-2/h4-5,10,12,15,18H,3,6-9,11H2,1-2H3/t12-,15+/m0/s1. The molecule has 0 aliphatic carbocycles. The molecule has 2 atom stereocenters. The second-order valence-electron chi connectivity index (χ2n) is 5.20. The predicted molar refractivity (Wildman–Crippen MR) is 76.4 cm³/mol. The van der Waals surface area contributed by atoms with E-state index in [1.807, 2.05) is 6.20 Å². The SMILES string of the molecule is CCc1ccc(N2CC[C@@H](O)[C@@H](CCOC)C2)cn1. The van der Waals surface area contributed by atoms with Crippen LogP contribution in [0.2, 0.25) is 0 Å². The van der Waals surface area contributed by atoms with Gasteiger partial charge in [0.05, 0.1) is 18.0 Å². The fourth-order valence-electron chi connectivity index (χ4n) is 2.62. The van der Waals surface area contributed by atoms with E-state index in [1.54, 1.807) is 7.11 Å². The fourth-order valence-corrected chi connectivity index (χ4v) is 2.62. The van der Waals surface area contributed by atoms with Gasteiger partial charge in [-0.1, -0.05) is 6.92 Å². The number of aliphatic hydroxyl groups is 1. The molecule has 2 rings (SSSR count). The maximum atomic E-state index is 10.0. The van der Waals surface area contributed by atoms with Crippen LogP contribution in [0.15, 0.2) is 18.3 Å². The van der Waals surface area contributed by atoms with Crippen LogP contribution in [0.25, 0.3) is 0 Å². The third kappa shape index (κ3) is 3.67. The summed E-state index contributed by atoms with van der Waals surface area (Å²) < 4.78 is 5.12. The minimum Gasteiger partial charge on any atom is -0.393 e. The van der Waals surface area contributed by atoms with Gasteiger partial charge in [0.2, 0.25) is 0 Å². The lowest BCUT2D eigenvalue weighted by Crippen LogP contribution is -2.43. The average Bonchev–Trinajstić information content (AvgIpc) is 2.46. The van der Waals surface area contributed by atoms with E-state index in [-0.39, 0.29) is 6.10 Å². The molecule has 1 saturated heterocycles. The summed E-state index contributed by atoms with van der Waals surface area (Å²) in [5.41, 5.74) is 2.28. The molecule has 4 nitrogen and oxygen atoms in total. The molecule has 0 aromatic carbocycles. The fraction of sp³-hybridized carbons (Fsp3) is 0.667. The normalized spacial score (nSPS) is 23.6. The smallest absolute Gasteiger partial charge is 0.0603 e. The van der Waals surface area contributed by atoms with Gasteiger partial charge in [0, 0.05) is 38.4 Å². The number of aromatic nitrogens is 1. The highest BCUT2D eigenvalue weighted by atomic mass is 16.5. The summed E-state index contributed by atoms with van der Waals surface area (Å²) in [6.07, 6.45) is 4.45. The summed E-state index contributed by atoms with van der Waals surface area (Å²) in [5, 5.41) is 10.0. The van der Waals surface area contributed by atoms with Gasteiger partial charge in [-0.2, -0.15) is 0 Å². The van der Waals surface area contributed by atoms with Crippen molar-refractivity contribution in [3.05, 3.63) is 24.0 Å². The first-order chi connectivity index (χ1) is 9.24. The Kier molecular flexibility index (Phi) is 5.16. The van der Waals surface area contributed by atoms with Crippen molar-refractivity contribution < 1.29 is 9.84 Å². The van der Waals surface area contributed by atoms with Crippen LogP contribution in [0.3, 0.4) is 0 Å². The first-order valence-corrected chi connectivity index (χ1v) is 7.11. The van der Waals surface area contributed by atoms with Crippen LogP contribution in [0, 0.1) is 5.92 Å². The number of rotatable bonds is 5. The van der Waals surface area contributed by atoms with E-state index in [0.29, 0.717) is 12.5 Å². The molecule has 2 heterocycles. The topological polar surface area (TPSA) is 45.6 Å². The Balaban J connectivity index is 1.99. The lowest BCUT2D eigenvalue weighted by atomic mass is 9.92. The van der Waals surface area contributed by atoms with Crippen molar-refractivity contribution in [3.8, 4) is 0 Å². The van der Waals surface area contributed by atoms with E-state index in [0.717, 1.165) is 43.7 Å². The monoisotopic (exact) mass is 264 g/mol. The number of aryl methyl sites for hydroxylation is 1. The van der Waals surface area contributed by atoms with E-state index in [1.165, 1.54) is 0 Å². The minimum atomic E-state index is -0.200. The van der Waals surface area contributed by atoms with Crippen molar-refractivity contribution in [1.29, 1.82) is 0 Å². The van der Waals surface area contributed by atoms with Gasteiger partial charge in [0.15, 0.2) is 0 Å². The number of hydrogen-bond donors (Lipinski definition) is 1. The Labute approximate surface area is 115 Å². The largest absolute Gasteiger partial charge is 0.393 e. The van der Waals surface area contributed by atoms with Crippen LogP contribution >= 0.6 is 0 Å². The maximum Gasteiger partial charge on any atom is 0.0603 e. The average molecular weight is 264 g/mol. The third-order valence-electron chi connectivity index (χ3n) is 3.92. The van der Waals surface area contributed by atoms with Crippen molar-refractivity contribution in [2.24, 2.45) is 5.92 Å². The molecule has 0 amide bonds. The van der Waals surface area contributed by atoms with Crippen LogP contribution in [0.5, 0.6) is 0 Å². The predicted octanol–water partition coefficient (Wildman–Crippen LogP) is 1.87. The highest BCUT2D eigenvalue weighted by Gasteiger charge is 2.27. The third-order valence-corrected chi connectivity index (χ3v) is 3.92. The van der Waals surface area contributed by atoms with Gasteiger partial charge < -0.3 is 14.7 Å². The number of nitrogens with zero attached hydrogens (tertiary/aromatic N) is 2. The van der Waals surface area contributed by atoms with E-state index in [9.17, 15) is 5.11 Å². The quantitative estimate of drug-likeness (QED) is 0.882. The number of ether oxygens (including phenoxy) is 1. The number of anilines is 1. The van der Waals surface area contributed by atoms with Gasteiger partial charge in [-0.3, -0.25) is 4.98 Å². The Morgan fingerprint density at radius 3 is 2.95 bits per heavy atom. The zero-order valence-electron chi connectivity index (χ0n) is 11.9. The zero-order valence-corrected chi connectivity index (χ0v) is 11.9. The van der Waals surface area contributed by atoms with Crippen molar-refractivity contribution in [3.63, 3.8) is 0 Å². The van der Waals surface area contributed by atoms with Gasteiger partial charge in [-0.05, 0) is 31.4 Å². The number of hydrogen-bond acceptors (Lipinski definition) is 4. The Bertz CT molecular complexity index is 380. The maximum absolute atomic E-state index is 10.0. The molecular formula is C15H24N2O2. The number of pyridine rings is 1. The van der Waals surface area contributed by atoms with E-state index < -0.39 is 0 Å². The van der Waals surface area contributed by atoms with E-state index >= 15 is 0 Å². The van der Waals surface area contributed by atoms with Gasteiger partial charge in [0.25, 0.3) is 0 Å². The minimum absolute atomic E-state index is 0.200. The molecular weight excluding hydrogens is 240 g/mol. The van der Waals surface area contributed by atoms with Gasteiger partial charge in [0.1, 0.15) is 0 Å².